The number of carboxylic acids is 1. The number of aromatic amines is 1. The first kappa shape index (κ1) is 30.3. The summed E-state index contributed by atoms with van der Waals surface area (Å²) in [5.74, 6) is -4.73. The number of carbonyl (C=O) groups excluding carboxylic acids is 4. The molecule has 0 spiro atoms. The van der Waals surface area contributed by atoms with Gasteiger partial charge in [0.15, 0.2) is 0 Å². The van der Waals surface area contributed by atoms with Crippen molar-refractivity contribution in [1.29, 1.82) is 0 Å². The lowest BCUT2D eigenvalue weighted by molar-refractivity contribution is -0.143. The molecule has 1 aromatic carbocycles. The highest BCUT2D eigenvalue weighted by atomic mass is 16.4. The highest BCUT2D eigenvalue weighted by Crippen LogP contribution is 2.19. The molecule has 2 aromatic rings. The summed E-state index contributed by atoms with van der Waals surface area (Å²) >= 11 is 0. The first-order chi connectivity index (χ1) is 17.8. The van der Waals surface area contributed by atoms with Crippen LogP contribution >= 0.6 is 0 Å². The van der Waals surface area contributed by atoms with Crippen molar-refractivity contribution in [3.63, 3.8) is 0 Å². The van der Waals surface area contributed by atoms with Crippen LogP contribution in [-0.2, 0) is 30.4 Å². The summed E-state index contributed by atoms with van der Waals surface area (Å²) in [5, 5.41) is 27.9. The van der Waals surface area contributed by atoms with Gasteiger partial charge in [-0.3, -0.25) is 19.2 Å². The monoisotopic (exact) mass is 532 g/mol. The van der Waals surface area contributed by atoms with E-state index in [1.807, 2.05) is 18.2 Å². The van der Waals surface area contributed by atoms with Gasteiger partial charge in [-0.2, -0.15) is 0 Å². The molecule has 0 bridgehead atoms. The highest BCUT2D eigenvalue weighted by Gasteiger charge is 2.33. The number of aliphatic carboxylic acids is 1. The van der Waals surface area contributed by atoms with E-state index in [1.165, 1.54) is 6.92 Å². The molecule has 208 valence electrons. The fourth-order valence-corrected chi connectivity index (χ4v) is 3.77. The minimum absolute atomic E-state index is 0.0596. The number of para-hydroxylation sites is 1. The Morgan fingerprint density at radius 1 is 0.947 bits per heavy atom. The lowest BCUT2D eigenvalue weighted by Crippen LogP contribution is -2.60. The van der Waals surface area contributed by atoms with Gasteiger partial charge in [0.05, 0.1) is 12.1 Å². The van der Waals surface area contributed by atoms with Gasteiger partial charge in [-0.25, -0.2) is 4.79 Å². The fourth-order valence-electron chi connectivity index (χ4n) is 3.77. The molecule has 0 aliphatic carbocycles. The van der Waals surface area contributed by atoms with Crippen LogP contribution in [0.25, 0.3) is 10.9 Å². The van der Waals surface area contributed by atoms with Crippen molar-refractivity contribution in [1.82, 2.24) is 20.9 Å². The number of amides is 4. The first-order valence-corrected chi connectivity index (χ1v) is 12.2. The van der Waals surface area contributed by atoms with E-state index < -0.39 is 59.9 Å². The lowest BCUT2D eigenvalue weighted by Gasteiger charge is -2.27. The second-order valence-corrected chi connectivity index (χ2v) is 9.53. The van der Waals surface area contributed by atoms with Crippen molar-refractivity contribution in [3.05, 3.63) is 36.0 Å². The quantitative estimate of drug-likeness (QED) is 0.148. The number of nitrogens with two attached hydrogens (primary N) is 2. The number of aromatic nitrogens is 1. The van der Waals surface area contributed by atoms with Gasteiger partial charge in [0.2, 0.25) is 23.6 Å². The molecule has 0 saturated carbocycles. The third kappa shape index (κ3) is 8.28. The number of benzene rings is 1. The molecule has 5 unspecified atom stereocenters. The molecule has 1 aromatic heterocycles. The van der Waals surface area contributed by atoms with Crippen LogP contribution in [0.2, 0.25) is 0 Å². The summed E-state index contributed by atoms with van der Waals surface area (Å²) in [6.45, 7) is 4.67. The van der Waals surface area contributed by atoms with Crippen molar-refractivity contribution < 1.29 is 34.2 Å². The van der Waals surface area contributed by atoms with Gasteiger partial charge in [0.1, 0.15) is 18.1 Å². The van der Waals surface area contributed by atoms with Crippen LogP contribution in [0.5, 0.6) is 0 Å². The van der Waals surface area contributed by atoms with Crippen LogP contribution in [0.1, 0.15) is 39.2 Å². The van der Waals surface area contributed by atoms with Crippen molar-refractivity contribution in [2.45, 2.75) is 70.3 Å². The van der Waals surface area contributed by atoms with Gasteiger partial charge in [-0.15, -0.1) is 0 Å². The number of carbonyl (C=O) groups is 5. The Morgan fingerprint density at radius 2 is 1.58 bits per heavy atom. The second-order valence-electron chi connectivity index (χ2n) is 9.53. The Balaban J connectivity index is 2.17. The molecule has 0 aliphatic heterocycles. The molecule has 1 heterocycles. The smallest absolute Gasteiger partial charge is 0.326 e. The van der Waals surface area contributed by atoms with E-state index in [1.54, 1.807) is 26.1 Å². The molecule has 4 amide bonds. The van der Waals surface area contributed by atoms with Crippen LogP contribution in [-0.4, -0.2) is 75.1 Å². The van der Waals surface area contributed by atoms with Gasteiger partial charge in [0.25, 0.3) is 0 Å². The Labute approximate surface area is 219 Å². The molecule has 13 heteroatoms. The van der Waals surface area contributed by atoms with E-state index in [9.17, 15) is 34.2 Å². The van der Waals surface area contributed by atoms with E-state index in [-0.39, 0.29) is 25.2 Å². The minimum Gasteiger partial charge on any atom is -0.480 e. The van der Waals surface area contributed by atoms with E-state index in [2.05, 4.69) is 20.9 Å². The Hall–Kier alpha value is -3.97. The van der Waals surface area contributed by atoms with Crippen LogP contribution < -0.4 is 27.4 Å². The zero-order valence-corrected chi connectivity index (χ0v) is 21.6. The molecule has 0 radical (unpaired) electrons. The number of carboxylic acid groups (broad SMARTS) is 1. The zero-order valence-electron chi connectivity index (χ0n) is 21.6. The predicted molar refractivity (Wildman–Crippen MR) is 138 cm³/mol. The SMILES string of the molecule is CC(C)C(N)C(=O)NC(CCC(N)=O)C(=O)NC(C(=O)NC(Cc1c[nH]c2ccccc12)C(=O)O)C(C)O. The summed E-state index contributed by atoms with van der Waals surface area (Å²) in [5.41, 5.74) is 12.5. The molecule has 0 saturated heterocycles. The third-order valence-electron chi connectivity index (χ3n) is 6.11. The Morgan fingerprint density at radius 3 is 2.16 bits per heavy atom. The maximum atomic E-state index is 13.0. The van der Waals surface area contributed by atoms with E-state index in [0.29, 0.717) is 5.56 Å². The molecule has 10 N–H and O–H groups in total. The summed E-state index contributed by atoms with van der Waals surface area (Å²) in [6.07, 6.45) is -0.256. The van der Waals surface area contributed by atoms with Crippen molar-refractivity contribution in [3.8, 4) is 0 Å². The summed E-state index contributed by atoms with van der Waals surface area (Å²) in [6, 6.07) is 2.12. The summed E-state index contributed by atoms with van der Waals surface area (Å²) in [4.78, 5) is 64.7. The number of aliphatic hydroxyl groups is 1. The van der Waals surface area contributed by atoms with Crippen LogP contribution in [0.4, 0.5) is 0 Å². The number of aliphatic hydroxyl groups excluding tert-OH is 1. The van der Waals surface area contributed by atoms with Gasteiger partial charge in [0, 0.05) is 29.9 Å². The molecular weight excluding hydrogens is 496 g/mol. The number of rotatable bonds is 14. The zero-order chi connectivity index (χ0) is 28.6. The van der Waals surface area contributed by atoms with Crippen LogP contribution in [0, 0.1) is 5.92 Å². The maximum Gasteiger partial charge on any atom is 0.326 e. The maximum absolute atomic E-state index is 13.0. The van der Waals surface area contributed by atoms with Crippen LogP contribution in [0.15, 0.2) is 30.5 Å². The average molecular weight is 533 g/mol. The molecule has 13 nitrogen and oxygen atoms in total. The second kappa shape index (κ2) is 13.5. The number of primary amides is 1. The molecule has 2 rings (SSSR count). The molecular formula is C25H36N6O7. The third-order valence-corrected chi connectivity index (χ3v) is 6.11. The number of hydrogen-bond acceptors (Lipinski definition) is 7. The highest BCUT2D eigenvalue weighted by molar-refractivity contribution is 5.95. The van der Waals surface area contributed by atoms with Crippen molar-refractivity contribution in [2.24, 2.45) is 17.4 Å². The van der Waals surface area contributed by atoms with Crippen molar-refractivity contribution in [2.75, 3.05) is 0 Å². The van der Waals surface area contributed by atoms with E-state index in [4.69, 9.17) is 11.5 Å². The normalized spacial score (nSPS) is 15.2. The fraction of sp³-hybridized carbons (Fsp3) is 0.480. The van der Waals surface area contributed by atoms with Crippen molar-refractivity contribution >= 4 is 40.5 Å². The van der Waals surface area contributed by atoms with Crippen LogP contribution in [0.3, 0.4) is 0 Å². The number of H-pyrrole nitrogens is 1. The molecule has 0 fully saturated rings. The predicted octanol–water partition coefficient (Wildman–Crippen LogP) is -1.12. The van der Waals surface area contributed by atoms with Gasteiger partial charge in [-0.1, -0.05) is 32.0 Å². The number of hydrogen-bond donors (Lipinski definition) is 8. The standard InChI is InChI=1S/C25H36N6O7/c1-12(2)20(27)23(35)29-17(8-9-19(26)33)22(34)31-21(13(3)32)24(36)30-18(25(37)38)10-14-11-28-16-7-5-4-6-15(14)16/h4-7,11-13,17-18,20-21,28,32H,8-10,27H2,1-3H3,(H2,26,33)(H,29,35)(H,30,36)(H,31,34)(H,37,38). The Kier molecular flexibility index (Phi) is 10.8. The lowest BCUT2D eigenvalue weighted by atomic mass is 10.0. The molecule has 5 atom stereocenters. The number of nitrogens with one attached hydrogen (secondary N) is 4. The van der Waals surface area contributed by atoms with Gasteiger partial charge < -0.3 is 42.6 Å². The first-order valence-electron chi connectivity index (χ1n) is 12.2. The largest absolute Gasteiger partial charge is 0.480 e. The number of fused-ring (bicyclic) bond motifs is 1. The topological polar surface area (TPSA) is 230 Å². The summed E-state index contributed by atoms with van der Waals surface area (Å²) < 4.78 is 0. The average Bonchev–Trinajstić information content (AvgIpc) is 3.25. The van der Waals surface area contributed by atoms with E-state index >= 15 is 0 Å². The Bertz CT molecular complexity index is 1160. The van der Waals surface area contributed by atoms with Gasteiger partial charge in [-0.05, 0) is 30.9 Å². The summed E-state index contributed by atoms with van der Waals surface area (Å²) in [7, 11) is 0. The molecule has 0 aliphatic rings. The molecule has 38 heavy (non-hydrogen) atoms. The van der Waals surface area contributed by atoms with E-state index in [0.717, 1.165) is 10.9 Å². The van der Waals surface area contributed by atoms with Gasteiger partial charge >= 0.3 is 5.97 Å². The minimum atomic E-state index is -1.56.